The summed E-state index contributed by atoms with van der Waals surface area (Å²) in [5.74, 6) is -4.82. The van der Waals surface area contributed by atoms with Crippen molar-refractivity contribution in [2.45, 2.75) is 77.5 Å². The normalized spacial score (nSPS) is 14.4. The van der Waals surface area contributed by atoms with Crippen molar-refractivity contribution in [2.24, 2.45) is 17.6 Å². The van der Waals surface area contributed by atoms with Gasteiger partial charge in [-0.05, 0) is 36.3 Å². The highest BCUT2D eigenvalue weighted by atomic mass is 16.4. The Balaban J connectivity index is 2.33. The summed E-state index contributed by atoms with van der Waals surface area (Å²) in [6.45, 7) is 7.06. The van der Waals surface area contributed by atoms with Crippen molar-refractivity contribution in [1.82, 2.24) is 20.9 Å². The van der Waals surface area contributed by atoms with E-state index in [1.54, 1.807) is 20.0 Å². The highest BCUT2D eigenvalue weighted by molar-refractivity contribution is 5.95. The van der Waals surface area contributed by atoms with Gasteiger partial charge in [-0.2, -0.15) is 0 Å². The van der Waals surface area contributed by atoms with E-state index in [0.717, 1.165) is 10.9 Å². The number of carboxylic acids is 2. The van der Waals surface area contributed by atoms with E-state index in [1.807, 2.05) is 38.1 Å². The van der Waals surface area contributed by atoms with Crippen molar-refractivity contribution in [1.29, 1.82) is 0 Å². The van der Waals surface area contributed by atoms with Crippen LogP contribution in [0.1, 0.15) is 52.5 Å². The van der Waals surface area contributed by atoms with Gasteiger partial charge in [0.15, 0.2) is 0 Å². The van der Waals surface area contributed by atoms with Crippen LogP contribution in [0.25, 0.3) is 10.9 Å². The summed E-state index contributed by atoms with van der Waals surface area (Å²) in [5.41, 5.74) is 7.46. The molecule has 214 valence electrons. The number of amides is 3. The molecule has 0 saturated heterocycles. The molecule has 0 saturated carbocycles. The quantitative estimate of drug-likeness (QED) is 0.172. The molecule has 0 aliphatic heterocycles. The van der Waals surface area contributed by atoms with E-state index in [4.69, 9.17) is 10.8 Å². The Hall–Kier alpha value is -3.93. The summed E-state index contributed by atoms with van der Waals surface area (Å²) >= 11 is 0. The minimum atomic E-state index is -1.27. The zero-order valence-electron chi connectivity index (χ0n) is 22.7. The molecule has 1 heterocycles. The summed E-state index contributed by atoms with van der Waals surface area (Å²) in [6, 6.07) is 2.77. The Morgan fingerprint density at radius 1 is 0.897 bits per heavy atom. The van der Waals surface area contributed by atoms with E-state index in [9.17, 15) is 29.1 Å². The van der Waals surface area contributed by atoms with Gasteiger partial charge in [0.1, 0.15) is 18.1 Å². The lowest BCUT2D eigenvalue weighted by Crippen LogP contribution is -2.58. The molecular weight excluding hydrogens is 506 g/mol. The molecule has 1 aromatic heterocycles. The summed E-state index contributed by atoms with van der Waals surface area (Å²) in [6.07, 6.45) is 1.43. The lowest BCUT2D eigenvalue weighted by atomic mass is 10.0. The number of nitrogens with two attached hydrogens (primary N) is 1. The number of carbonyl (C=O) groups is 5. The number of hydrogen-bond donors (Lipinski definition) is 7. The van der Waals surface area contributed by atoms with Crippen molar-refractivity contribution in [3.63, 3.8) is 0 Å². The van der Waals surface area contributed by atoms with Gasteiger partial charge in [0.05, 0.1) is 6.04 Å². The number of nitrogens with one attached hydrogen (secondary N) is 4. The topological polar surface area (TPSA) is 204 Å². The number of fused-ring (bicyclic) bond motifs is 1. The third-order valence-corrected chi connectivity index (χ3v) is 6.30. The molecule has 0 aliphatic carbocycles. The molecular formula is C27H39N5O7. The highest BCUT2D eigenvalue weighted by Gasteiger charge is 2.32. The number of para-hydroxylation sites is 1. The number of rotatable bonds is 15. The van der Waals surface area contributed by atoms with Crippen LogP contribution in [-0.4, -0.2) is 69.0 Å². The van der Waals surface area contributed by atoms with Gasteiger partial charge in [0.25, 0.3) is 0 Å². The van der Waals surface area contributed by atoms with Gasteiger partial charge in [-0.15, -0.1) is 0 Å². The average Bonchev–Trinajstić information content (AvgIpc) is 3.26. The number of carboxylic acid groups (broad SMARTS) is 2. The molecule has 0 bridgehead atoms. The molecule has 0 radical (unpaired) electrons. The first-order valence-electron chi connectivity index (χ1n) is 13.0. The maximum atomic E-state index is 13.3. The second-order valence-electron chi connectivity index (χ2n) is 10.4. The fourth-order valence-electron chi connectivity index (χ4n) is 4.20. The van der Waals surface area contributed by atoms with Gasteiger partial charge in [-0.3, -0.25) is 19.2 Å². The first kappa shape index (κ1) is 31.3. The predicted octanol–water partition coefficient (Wildman–Crippen LogP) is 1.14. The SMILES string of the molecule is CC(C)CC(N)C(=O)NC(CCC(=O)O)C(=O)NC(Cc1c[nH]c2ccccc12)C(=O)NC(C(=O)O)C(C)C. The number of aromatic amines is 1. The smallest absolute Gasteiger partial charge is 0.326 e. The van der Waals surface area contributed by atoms with E-state index >= 15 is 0 Å². The largest absolute Gasteiger partial charge is 0.481 e. The molecule has 0 fully saturated rings. The van der Waals surface area contributed by atoms with Crippen LogP contribution in [0.3, 0.4) is 0 Å². The van der Waals surface area contributed by atoms with E-state index in [2.05, 4.69) is 20.9 Å². The van der Waals surface area contributed by atoms with E-state index in [1.165, 1.54) is 0 Å². The molecule has 8 N–H and O–H groups in total. The molecule has 2 rings (SSSR count). The Labute approximate surface area is 227 Å². The fraction of sp³-hybridized carbons (Fsp3) is 0.519. The van der Waals surface area contributed by atoms with Crippen LogP contribution in [-0.2, 0) is 30.4 Å². The van der Waals surface area contributed by atoms with Crippen LogP contribution in [0.5, 0.6) is 0 Å². The molecule has 3 amide bonds. The maximum Gasteiger partial charge on any atom is 0.326 e. The van der Waals surface area contributed by atoms with Gasteiger partial charge in [0.2, 0.25) is 17.7 Å². The van der Waals surface area contributed by atoms with Crippen LogP contribution in [0.2, 0.25) is 0 Å². The minimum absolute atomic E-state index is 0.0124. The number of benzene rings is 1. The van der Waals surface area contributed by atoms with Crippen LogP contribution in [0.15, 0.2) is 30.5 Å². The van der Waals surface area contributed by atoms with E-state index in [0.29, 0.717) is 12.0 Å². The number of aromatic nitrogens is 1. The summed E-state index contributed by atoms with van der Waals surface area (Å²) in [5, 5.41) is 27.1. The second kappa shape index (κ2) is 14.3. The Morgan fingerprint density at radius 3 is 2.10 bits per heavy atom. The number of H-pyrrole nitrogens is 1. The van der Waals surface area contributed by atoms with Crippen molar-refractivity contribution < 1.29 is 34.2 Å². The van der Waals surface area contributed by atoms with Crippen LogP contribution >= 0.6 is 0 Å². The van der Waals surface area contributed by atoms with Gasteiger partial charge in [-0.25, -0.2) is 4.79 Å². The zero-order valence-corrected chi connectivity index (χ0v) is 22.7. The van der Waals surface area contributed by atoms with Gasteiger partial charge in [-0.1, -0.05) is 45.9 Å². The van der Waals surface area contributed by atoms with Crippen molar-refractivity contribution in [3.05, 3.63) is 36.0 Å². The molecule has 4 atom stereocenters. The summed E-state index contributed by atoms with van der Waals surface area (Å²) in [4.78, 5) is 65.3. The van der Waals surface area contributed by atoms with Gasteiger partial charge < -0.3 is 36.9 Å². The first-order valence-corrected chi connectivity index (χ1v) is 13.0. The molecule has 4 unspecified atom stereocenters. The molecule has 12 heteroatoms. The molecule has 2 aromatic rings. The third kappa shape index (κ3) is 9.40. The first-order chi connectivity index (χ1) is 18.3. The maximum absolute atomic E-state index is 13.3. The molecule has 39 heavy (non-hydrogen) atoms. The molecule has 0 aliphatic rings. The average molecular weight is 546 g/mol. The van der Waals surface area contributed by atoms with Crippen LogP contribution < -0.4 is 21.7 Å². The van der Waals surface area contributed by atoms with Crippen LogP contribution in [0.4, 0.5) is 0 Å². The monoisotopic (exact) mass is 545 g/mol. The summed E-state index contributed by atoms with van der Waals surface area (Å²) in [7, 11) is 0. The Kier molecular flexibility index (Phi) is 11.5. The lowest BCUT2D eigenvalue weighted by molar-refractivity contribution is -0.143. The standard InChI is InChI=1S/C27H39N5O7/c1-14(2)11-18(28)24(35)30-20(9-10-22(33)34)25(36)31-21(26(37)32-23(15(3)4)27(38)39)12-16-13-29-19-8-6-5-7-17(16)19/h5-8,13-15,18,20-21,23,29H,9-12,28H2,1-4H3,(H,30,35)(H,31,36)(H,32,37)(H,33,34)(H,38,39). The Morgan fingerprint density at radius 2 is 1.51 bits per heavy atom. The Bertz CT molecular complexity index is 1180. The van der Waals surface area contributed by atoms with Crippen molar-refractivity contribution >= 4 is 40.6 Å². The molecule has 12 nitrogen and oxygen atoms in total. The van der Waals surface area contributed by atoms with E-state index in [-0.39, 0.29) is 18.8 Å². The third-order valence-electron chi connectivity index (χ3n) is 6.30. The van der Waals surface area contributed by atoms with Gasteiger partial charge >= 0.3 is 11.9 Å². The number of carbonyl (C=O) groups excluding carboxylic acids is 3. The predicted molar refractivity (Wildman–Crippen MR) is 145 cm³/mol. The van der Waals surface area contributed by atoms with Gasteiger partial charge in [0, 0.05) is 29.9 Å². The number of hydrogen-bond acceptors (Lipinski definition) is 6. The minimum Gasteiger partial charge on any atom is -0.481 e. The molecule has 1 aromatic carbocycles. The lowest BCUT2D eigenvalue weighted by Gasteiger charge is -2.26. The second-order valence-corrected chi connectivity index (χ2v) is 10.4. The number of aliphatic carboxylic acids is 2. The highest BCUT2D eigenvalue weighted by Crippen LogP contribution is 2.19. The van der Waals surface area contributed by atoms with Crippen molar-refractivity contribution in [2.75, 3.05) is 0 Å². The molecule has 0 spiro atoms. The van der Waals surface area contributed by atoms with Crippen molar-refractivity contribution in [3.8, 4) is 0 Å². The van der Waals surface area contributed by atoms with E-state index < -0.39 is 66.2 Å². The fourth-order valence-corrected chi connectivity index (χ4v) is 4.20. The van der Waals surface area contributed by atoms with Crippen LogP contribution in [0, 0.1) is 11.8 Å². The zero-order chi connectivity index (χ0) is 29.3. The summed E-state index contributed by atoms with van der Waals surface area (Å²) < 4.78 is 0.